The molecular weight excluding hydrogens is 176 g/mol. The predicted molar refractivity (Wildman–Crippen MR) is 50.0 cm³/mol. The van der Waals surface area contributed by atoms with E-state index >= 15 is 0 Å². The summed E-state index contributed by atoms with van der Waals surface area (Å²) in [6.07, 6.45) is 7.12. The zero-order valence-electron chi connectivity index (χ0n) is 7.20. The summed E-state index contributed by atoms with van der Waals surface area (Å²) >= 11 is -2.09. The van der Waals surface area contributed by atoms with E-state index in [0.29, 0.717) is 6.61 Å². The smallest absolute Gasteiger partial charge is 0.284 e. The Morgan fingerprint density at radius 2 is 2.00 bits per heavy atom. The zero-order chi connectivity index (χ0) is 9.23. The van der Waals surface area contributed by atoms with Crippen LogP contribution in [0.5, 0.6) is 0 Å². The van der Waals surface area contributed by atoms with Gasteiger partial charge >= 0.3 is 11.4 Å². The van der Waals surface area contributed by atoms with E-state index in [1.807, 2.05) is 6.08 Å². The fourth-order valence-corrected chi connectivity index (χ4v) is 1.13. The second-order valence-corrected chi connectivity index (χ2v) is 3.20. The predicted octanol–water partition coefficient (Wildman–Crippen LogP) is 2.28. The topological polar surface area (TPSA) is 46.5 Å². The highest BCUT2D eigenvalue weighted by Gasteiger charge is 1.93. The fourth-order valence-electron chi connectivity index (χ4n) is 0.875. The van der Waals surface area contributed by atoms with Crippen LogP contribution in [0.4, 0.5) is 0 Å². The van der Waals surface area contributed by atoms with Crippen molar-refractivity contribution in [2.75, 3.05) is 6.61 Å². The third-order valence-corrected chi connectivity index (χ3v) is 1.86. The van der Waals surface area contributed by atoms with Crippen LogP contribution in [0, 0.1) is 0 Å². The van der Waals surface area contributed by atoms with Gasteiger partial charge in [0.05, 0.1) is 6.61 Å². The lowest BCUT2D eigenvalue weighted by Gasteiger charge is -1.98. The van der Waals surface area contributed by atoms with Gasteiger partial charge < -0.3 is 0 Å². The van der Waals surface area contributed by atoms with Crippen LogP contribution in [0.15, 0.2) is 12.7 Å². The molecule has 0 fully saturated rings. The van der Waals surface area contributed by atoms with Crippen LogP contribution < -0.4 is 0 Å². The van der Waals surface area contributed by atoms with Gasteiger partial charge in [-0.3, -0.25) is 8.74 Å². The molecule has 0 saturated heterocycles. The number of allylic oxidation sites excluding steroid dienone is 1. The molecule has 1 unspecified atom stereocenters. The average molecular weight is 192 g/mol. The van der Waals surface area contributed by atoms with Crippen molar-refractivity contribution in [3.8, 4) is 0 Å². The summed E-state index contributed by atoms with van der Waals surface area (Å²) in [5, 5.41) is 0. The van der Waals surface area contributed by atoms with Crippen molar-refractivity contribution in [3.05, 3.63) is 12.7 Å². The van der Waals surface area contributed by atoms with Gasteiger partial charge in [-0.1, -0.05) is 18.9 Å². The Balaban J connectivity index is 2.90. The first-order valence-electron chi connectivity index (χ1n) is 4.12. The molecule has 12 heavy (non-hydrogen) atoms. The van der Waals surface area contributed by atoms with E-state index in [9.17, 15) is 4.21 Å². The van der Waals surface area contributed by atoms with Crippen LogP contribution in [0.1, 0.15) is 32.1 Å². The van der Waals surface area contributed by atoms with Gasteiger partial charge in [0.2, 0.25) is 0 Å². The number of rotatable bonds is 8. The molecule has 0 radical (unpaired) electrons. The van der Waals surface area contributed by atoms with Crippen molar-refractivity contribution >= 4 is 11.4 Å². The van der Waals surface area contributed by atoms with E-state index in [1.165, 1.54) is 0 Å². The van der Waals surface area contributed by atoms with E-state index in [-0.39, 0.29) is 0 Å². The Bertz CT molecular complexity index is 136. The molecule has 3 nitrogen and oxygen atoms in total. The van der Waals surface area contributed by atoms with Crippen LogP contribution >= 0.6 is 0 Å². The summed E-state index contributed by atoms with van der Waals surface area (Å²) in [6.45, 7) is 3.99. The molecule has 1 N–H and O–H groups in total. The van der Waals surface area contributed by atoms with E-state index < -0.39 is 11.4 Å². The van der Waals surface area contributed by atoms with E-state index in [1.54, 1.807) is 0 Å². The van der Waals surface area contributed by atoms with Crippen LogP contribution in [0.2, 0.25) is 0 Å². The number of hydrogen-bond acceptors (Lipinski definition) is 2. The molecule has 0 aliphatic carbocycles. The standard InChI is InChI=1S/C8H16O3S/c1-2-3-4-5-6-7-8-11-12(9)10/h2H,1,3-8H2,(H,9,10). The maximum atomic E-state index is 10.0. The molecule has 0 heterocycles. The van der Waals surface area contributed by atoms with Crippen LogP contribution in [-0.4, -0.2) is 15.4 Å². The van der Waals surface area contributed by atoms with Crippen LogP contribution in [-0.2, 0) is 15.5 Å². The van der Waals surface area contributed by atoms with Crippen molar-refractivity contribution in [3.63, 3.8) is 0 Å². The highest BCUT2D eigenvalue weighted by Crippen LogP contribution is 2.03. The first kappa shape index (κ1) is 11.8. The summed E-state index contributed by atoms with van der Waals surface area (Å²) < 4.78 is 22.7. The molecule has 0 spiro atoms. The normalized spacial score (nSPS) is 12.8. The van der Waals surface area contributed by atoms with Crippen LogP contribution in [0.3, 0.4) is 0 Å². The molecule has 0 bridgehead atoms. The molecule has 4 heteroatoms. The van der Waals surface area contributed by atoms with Crippen molar-refractivity contribution in [2.45, 2.75) is 32.1 Å². The molecule has 0 aliphatic rings. The zero-order valence-corrected chi connectivity index (χ0v) is 8.02. The van der Waals surface area contributed by atoms with Crippen LogP contribution in [0.25, 0.3) is 0 Å². The molecule has 0 aromatic rings. The third kappa shape index (κ3) is 9.81. The van der Waals surface area contributed by atoms with E-state index in [2.05, 4.69) is 10.8 Å². The third-order valence-electron chi connectivity index (χ3n) is 1.49. The Kier molecular flexibility index (Phi) is 8.76. The van der Waals surface area contributed by atoms with Crippen molar-refractivity contribution in [2.24, 2.45) is 0 Å². The molecule has 72 valence electrons. The molecule has 0 aromatic heterocycles. The van der Waals surface area contributed by atoms with Gasteiger partial charge in [-0.25, -0.2) is 0 Å². The molecular formula is C8H16O3S. The SMILES string of the molecule is C=CCCCCCCOS(=O)O. The number of unbranched alkanes of at least 4 members (excludes halogenated alkanes) is 4. The Hall–Kier alpha value is -0.190. The Morgan fingerprint density at radius 3 is 2.58 bits per heavy atom. The largest absolute Gasteiger partial charge is 0.301 e. The summed E-state index contributed by atoms with van der Waals surface area (Å²) in [6, 6.07) is 0. The number of hydrogen-bond donors (Lipinski definition) is 1. The maximum absolute atomic E-state index is 10.0. The molecule has 0 amide bonds. The summed E-state index contributed by atoms with van der Waals surface area (Å²) in [5.41, 5.74) is 0. The van der Waals surface area contributed by atoms with Gasteiger partial charge in [-0.2, -0.15) is 4.21 Å². The lowest BCUT2D eigenvalue weighted by Crippen LogP contribution is -1.96. The first-order chi connectivity index (χ1) is 5.77. The Morgan fingerprint density at radius 1 is 1.33 bits per heavy atom. The monoisotopic (exact) mass is 192 g/mol. The molecule has 1 atom stereocenters. The highest BCUT2D eigenvalue weighted by molar-refractivity contribution is 7.74. The van der Waals surface area contributed by atoms with E-state index in [0.717, 1.165) is 32.1 Å². The minimum Gasteiger partial charge on any atom is -0.284 e. The van der Waals surface area contributed by atoms with Crippen molar-refractivity contribution in [1.29, 1.82) is 0 Å². The second-order valence-electron chi connectivity index (χ2n) is 2.53. The van der Waals surface area contributed by atoms with Gasteiger partial charge in [-0.05, 0) is 19.3 Å². The lowest BCUT2D eigenvalue weighted by atomic mass is 10.1. The van der Waals surface area contributed by atoms with Gasteiger partial charge in [0, 0.05) is 0 Å². The molecule has 0 saturated carbocycles. The molecule has 0 aromatic carbocycles. The fraction of sp³-hybridized carbons (Fsp3) is 0.750. The molecule has 0 rings (SSSR count). The summed E-state index contributed by atoms with van der Waals surface area (Å²) in [5.74, 6) is 0. The minimum atomic E-state index is -2.09. The van der Waals surface area contributed by atoms with E-state index in [4.69, 9.17) is 4.55 Å². The highest BCUT2D eigenvalue weighted by atomic mass is 32.2. The second kappa shape index (κ2) is 8.90. The summed E-state index contributed by atoms with van der Waals surface area (Å²) in [4.78, 5) is 0. The lowest BCUT2D eigenvalue weighted by molar-refractivity contribution is 0.296. The Labute approximate surface area is 76.3 Å². The van der Waals surface area contributed by atoms with Gasteiger partial charge in [0.1, 0.15) is 0 Å². The van der Waals surface area contributed by atoms with Crippen molar-refractivity contribution < 1.29 is 12.9 Å². The first-order valence-corrected chi connectivity index (χ1v) is 5.15. The minimum absolute atomic E-state index is 0.372. The van der Waals surface area contributed by atoms with Gasteiger partial charge in [-0.15, -0.1) is 6.58 Å². The van der Waals surface area contributed by atoms with Gasteiger partial charge in [0.25, 0.3) is 0 Å². The maximum Gasteiger partial charge on any atom is 0.301 e. The average Bonchev–Trinajstić information content (AvgIpc) is 2.02. The quantitative estimate of drug-likeness (QED) is 0.364. The van der Waals surface area contributed by atoms with Gasteiger partial charge in [0.15, 0.2) is 0 Å². The van der Waals surface area contributed by atoms with Crippen molar-refractivity contribution in [1.82, 2.24) is 0 Å². The summed E-state index contributed by atoms with van der Waals surface area (Å²) in [7, 11) is 0. The molecule has 0 aliphatic heterocycles.